The molecule has 0 radical (unpaired) electrons. The van der Waals surface area contributed by atoms with Gasteiger partial charge in [-0.25, -0.2) is 0 Å². The molecule has 0 bridgehead atoms. The summed E-state index contributed by atoms with van der Waals surface area (Å²) in [5.41, 5.74) is 2.64. The highest BCUT2D eigenvalue weighted by Crippen LogP contribution is 2.66. The van der Waals surface area contributed by atoms with Gasteiger partial charge in [-0.3, -0.25) is 0 Å². The van der Waals surface area contributed by atoms with E-state index < -0.39 is 0 Å². The Bertz CT molecular complexity index is 618. The van der Waals surface area contributed by atoms with E-state index in [0.29, 0.717) is 10.8 Å². The van der Waals surface area contributed by atoms with Gasteiger partial charge in [0.15, 0.2) is 0 Å². The minimum absolute atomic E-state index is 0.0727. The lowest BCUT2D eigenvalue weighted by Gasteiger charge is -2.58. The molecule has 4 rings (SSSR count). The lowest BCUT2D eigenvalue weighted by atomic mass is 9.47. The molecule has 200 valence electrons. The zero-order valence-corrected chi connectivity index (χ0v) is 24.8. The van der Waals surface area contributed by atoms with E-state index in [1.807, 2.05) is 13.8 Å². The number of rotatable bonds is 6. The van der Waals surface area contributed by atoms with Gasteiger partial charge < -0.3 is 5.11 Å². The Morgan fingerprint density at radius 3 is 2.21 bits per heavy atom. The van der Waals surface area contributed by atoms with Crippen LogP contribution in [-0.2, 0) is 0 Å². The maximum atomic E-state index is 10.2. The first-order valence-electron chi connectivity index (χ1n) is 15.5. The van der Waals surface area contributed by atoms with Crippen molar-refractivity contribution in [3.8, 4) is 0 Å². The molecule has 0 amide bonds. The quantitative estimate of drug-likeness (QED) is 0.300. The summed E-state index contributed by atoms with van der Waals surface area (Å²) in [6.45, 7) is 20.6. The first-order valence-corrected chi connectivity index (χ1v) is 15.5. The topological polar surface area (TPSA) is 20.2 Å². The maximum Gasteiger partial charge on any atom is 0.0577 e. The minimum atomic E-state index is -0.0727. The number of hydrogen-bond acceptors (Lipinski definition) is 1. The van der Waals surface area contributed by atoms with Crippen LogP contribution in [0.25, 0.3) is 0 Å². The first kappa shape index (κ1) is 29.9. The summed E-state index contributed by atoms with van der Waals surface area (Å²) in [7, 11) is 0. The number of fused-ring (bicyclic) bond motifs is 5. The normalized spacial score (nSPS) is 38.6. The van der Waals surface area contributed by atoms with Crippen LogP contribution in [0, 0.1) is 46.3 Å². The van der Waals surface area contributed by atoms with Gasteiger partial charge in [-0.15, -0.1) is 0 Å². The summed E-state index contributed by atoms with van der Waals surface area (Å²) in [5, 5.41) is 10.2. The first-order chi connectivity index (χ1) is 16.1. The second-order valence-electron chi connectivity index (χ2n) is 13.5. The van der Waals surface area contributed by atoms with E-state index >= 15 is 0 Å². The van der Waals surface area contributed by atoms with Crippen molar-refractivity contribution in [3.63, 3.8) is 0 Å². The summed E-state index contributed by atoms with van der Waals surface area (Å²) in [4.78, 5) is 0. The number of aliphatic hydroxyl groups is 1. The fourth-order valence-corrected chi connectivity index (χ4v) is 8.17. The third-order valence-electron chi connectivity index (χ3n) is 10.7. The van der Waals surface area contributed by atoms with Crippen molar-refractivity contribution in [2.75, 3.05) is 0 Å². The van der Waals surface area contributed by atoms with E-state index in [-0.39, 0.29) is 6.10 Å². The third-order valence-corrected chi connectivity index (χ3v) is 10.7. The Hall–Kier alpha value is -0.300. The molecule has 1 N–H and O–H groups in total. The molecule has 7 unspecified atom stereocenters. The molecule has 4 aliphatic carbocycles. The Morgan fingerprint density at radius 2 is 1.59 bits per heavy atom. The third kappa shape index (κ3) is 6.72. The Kier molecular flexibility index (Phi) is 11.7. The van der Waals surface area contributed by atoms with Gasteiger partial charge >= 0.3 is 0 Å². The summed E-state index contributed by atoms with van der Waals surface area (Å²) < 4.78 is 0. The number of unbranched alkanes of at least 4 members (excludes halogenated alkanes) is 1. The molecule has 1 heteroatoms. The van der Waals surface area contributed by atoms with E-state index in [1.165, 1.54) is 70.6 Å². The summed E-state index contributed by atoms with van der Waals surface area (Å²) >= 11 is 0. The molecule has 0 heterocycles. The number of aliphatic hydroxyl groups excluding tert-OH is 1. The molecule has 7 atom stereocenters. The van der Waals surface area contributed by atoms with E-state index in [0.717, 1.165) is 48.3 Å². The second kappa shape index (κ2) is 13.3. The van der Waals surface area contributed by atoms with Gasteiger partial charge in [0.2, 0.25) is 0 Å². The van der Waals surface area contributed by atoms with E-state index in [9.17, 15) is 5.11 Å². The average Bonchev–Trinajstić information content (AvgIpc) is 3.15. The smallest absolute Gasteiger partial charge is 0.0577 e. The van der Waals surface area contributed by atoms with Crippen LogP contribution in [-0.4, -0.2) is 11.2 Å². The SMILES string of the molecule is CC.CC(C)CCCCC1CCC2C3CC=C4CC(O)CCC4(C)C3CCC12C.CCC(C)C. The molecule has 3 saturated carbocycles. The molecular weight excluding hydrogens is 412 g/mol. The van der Waals surface area contributed by atoms with E-state index in [2.05, 4.69) is 54.5 Å². The van der Waals surface area contributed by atoms with Crippen molar-refractivity contribution >= 4 is 0 Å². The Morgan fingerprint density at radius 1 is 0.912 bits per heavy atom. The molecule has 0 aromatic heterocycles. The predicted octanol–water partition coefficient (Wildman–Crippen LogP) is 10.2. The lowest BCUT2D eigenvalue weighted by molar-refractivity contribution is -0.0508. The van der Waals surface area contributed by atoms with Gasteiger partial charge in [0.05, 0.1) is 6.10 Å². The zero-order chi connectivity index (χ0) is 25.5. The summed E-state index contributed by atoms with van der Waals surface area (Å²) in [6.07, 6.45) is 20.0. The summed E-state index contributed by atoms with van der Waals surface area (Å²) in [5.74, 6) is 5.52. The highest BCUT2D eigenvalue weighted by molar-refractivity contribution is 5.25. The Balaban J connectivity index is 0.000000520. The van der Waals surface area contributed by atoms with Gasteiger partial charge in [-0.1, -0.05) is 99.6 Å². The molecule has 0 aromatic rings. The fraction of sp³-hybridized carbons (Fsp3) is 0.939. The minimum Gasteiger partial charge on any atom is -0.393 e. The highest BCUT2D eigenvalue weighted by Gasteiger charge is 2.58. The van der Waals surface area contributed by atoms with E-state index in [1.54, 1.807) is 5.57 Å². The molecule has 4 aliphatic rings. The van der Waals surface area contributed by atoms with Gasteiger partial charge in [0.25, 0.3) is 0 Å². The predicted molar refractivity (Wildman–Crippen MR) is 151 cm³/mol. The van der Waals surface area contributed by atoms with Crippen molar-refractivity contribution in [2.24, 2.45) is 46.3 Å². The number of hydrogen-bond donors (Lipinski definition) is 1. The molecule has 3 fully saturated rings. The van der Waals surface area contributed by atoms with Crippen LogP contribution in [0.2, 0.25) is 0 Å². The van der Waals surface area contributed by atoms with Crippen molar-refractivity contribution in [1.29, 1.82) is 0 Å². The van der Waals surface area contributed by atoms with Crippen LogP contribution in [0.15, 0.2) is 11.6 Å². The standard InChI is InChI=1S/C26H44O.C5H12.C2H6/c1-18(2)7-5-6-8-19-10-12-23-22-11-9-20-17-21(27)13-15-26(20,4)24(22)14-16-25(19,23)3;1-4-5(2)3;1-2/h9,18-19,21-24,27H,5-8,10-17H2,1-4H3;5H,4H2,1-3H3;1-2H3. The molecule has 0 spiro atoms. The number of allylic oxidation sites excluding steroid dienone is 1. The van der Waals surface area contributed by atoms with Gasteiger partial charge in [0.1, 0.15) is 0 Å². The molecule has 34 heavy (non-hydrogen) atoms. The lowest BCUT2D eigenvalue weighted by Crippen LogP contribution is -2.50. The largest absolute Gasteiger partial charge is 0.393 e. The van der Waals surface area contributed by atoms with Gasteiger partial charge in [-0.05, 0) is 104 Å². The summed E-state index contributed by atoms with van der Waals surface area (Å²) in [6, 6.07) is 0. The van der Waals surface area contributed by atoms with Crippen LogP contribution in [0.3, 0.4) is 0 Å². The average molecular weight is 475 g/mol. The van der Waals surface area contributed by atoms with E-state index in [4.69, 9.17) is 0 Å². The van der Waals surface area contributed by atoms with Crippen molar-refractivity contribution < 1.29 is 5.11 Å². The molecule has 1 nitrogen and oxygen atoms in total. The molecule has 0 aliphatic heterocycles. The van der Waals surface area contributed by atoms with Crippen LogP contribution < -0.4 is 0 Å². The van der Waals surface area contributed by atoms with Crippen molar-refractivity contribution in [3.05, 3.63) is 11.6 Å². The van der Waals surface area contributed by atoms with Crippen molar-refractivity contribution in [1.82, 2.24) is 0 Å². The molecule has 0 aromatic carbocycles. The van der Waals surface area contributed by atoms with Crippen molar-refractivity contribution in [2.45, 2.75) is 152 Å². The monoisotopic (exact) mass is 474 g/mol. The second-order valence-corrected chi connectivity index (χ2v) is 13.5. The van der Waals surface area contributed by atoms with Gasteiger partial charge in [-0.2, -0.15) is 0 Å². The Labute approximate surface area is 215 Å². The van der Waals surface area contributed by atoms with Crippen LogP contribution in [0.4, 0.5) is 0 Å². The van der Waals surface area contributed by atoms with Crippen LogP contribution in [0.1, 0.15) is 146 Å². The van der Waals surface area contributed by atoms with Gasteiger partial charge in [0, 0.05) is 0 Å². The highest BCUT2D eigenvalue weighted by atomic mass is 16.3. The molecular formula is C33H62O. The maximum absolute atomic E-state index is 10.2. The van der Waals surface area contributed by atoms with Crippen LogP contribution in [0.5, 0.6) is 0 Å². The zero-order valence-electron chi connectivity index (χ0n) is 24.8. The van der Waals surface area contributed by atoms with Crippen LogP contribution >= 0.6 is 0 Å². The fourth-order valence-electron chi connectivity index (χ4n) is 8.17. The molecule has 0 saturated heterocycles.